The van der Waals surface area contributed by atoms with Gasteiger partial charge in [0.25, 0.3) is 0 Å². The maximum atomic E-state index is 5.90. The first-order valence-electron chi connectivity index (χ1n) is 4.54. The molecule has 0 saturated carbocycles. The van der Waals surface area contributed by atoms with E-state index in [0.29, 0.717) is 0 Å². The fourth-order valence-electron chi connectivity index (χ4n) is 1.20. The molecule has 0 N–H and O–H groups in total. The van der Waals surface area contributed by atoms with E-state index in [0.717, 1.165) is 18.9 Å². The first-order valence-corrected chi connectivity index (χ1v) is 7.32. The molecule has 0 aliphatic rings. The van der Waals surface area contributed by atoms with Crippen molar-refractivity contribution in [1.82, 2.24) is 0 Å². The van der Waals surface area contributed by atoms with Crippen molar-refractivity contribution in [3.8, 4) is 0 Å². The van der Waals surface area contributed by atoms with Crippen LogP contribution in [0.2, 0.25) is 5.02 Å². The van der Waals surface area contributed by atoms with E-state index in [4.69, 9.17) is 11.6 Å². The Balaban J connectivity index is 2.31. The van der Waals surface area contributed by atoms with Gasteiger partial charge in [0.2, 0.25) is 0 Å². The lowest BCUT2D eigenvalue weighted by molar-refractivity contribution is 1.35. The normalized spacial score (nSPS) is 10.4. The van der Waals surface area contributed by atoms with E-state index >= 15 is 0 Å². The highest BCUT2D eigenvalue weighted by Crippen LogP contribution is 2.37. The molecular weight excluding hydrogens is 371 g/mol. The topological polar surface area (TPSA) is 0 Å². The van der Waals surface area contributed by atoms with E-state index in [1.807, 2.05) is 36.4 Å². The molecule has 16 heavy (non-hydrogen) atoms. The Kier molecular flexibility index (Phi) is 4.36. The summed E-state index contributed by atoms with van der Waals surface area (Å²) in [5.74, 6) is 0. The number of halogens is 3. The average molecular weight is 379 g/mol. The van der Waals surface area contributed by atoms with Gasteiger partial charge >= 0.3 is 0 Å². The molecule has 0 aromatic heterocycles. The quantitative estimate of drug-likeness (QED) is 0.616. The molecule has 0 unspecified atom stereocenters. The fraction of sp³-hybridized carbons (Fsp3) is 0. The smallest absolute Gasteiger partial charge is 0.0418 e. The van der Waals surface area contributed by atoms with Gasteiger partial charge in [-0.05, 0) is 62.2 Å². The Labute approximate surface area is 121 Å². The zero-order valence-electron chi connectivity index (χ0n) is 8.08. The van der Waals surface area contributed by atoms with Crippen molar-refractivity contribution in [2.24, 2.45) is 0 Å². The summed E-state index contributed by atoms with van der Waals surface area (Å²) in [4.78, 5) is 2.34. The second-order valence-electron chi connectivity index (χ2n) is 3.11. The third kappa shape index (κ3) is 3.04. The van der Waals surface area contributed by atoms with Gasteiger partial charge in [0.1, 0.15) is 0 Å². The molecule has 0 nitrogen and oxygen atoms in total. The number of hydrogen-bond donors (Lipinski definition) is 0. The maximum absolute atomic E-state index is 5.90. The molecular formula is C12H7Br2ClS. The summed E-state index contributed by atoms with van der Waals surface area (Å²) in [6.07, 6.45) is 0. The molecule has 4 heteroatoms. The SMILES string of the molecule is Clc1ccc(Sc2ccccc2Br)c(Br)c1. The van der Waals surface area contributed by atoms with E-state index < -0.39 is 0 Å². The summed E-state index contributed by atoms with van der Waals surface area (Å²) in [7, 11) is 0. The largest absolute Gasteiger partial charge is 0.0877 e. The highest BCUT2D eigenvalue weighted by Gasteiger charge is 2.05. The maximum Gasteiger partial charge on any atom is 0.0418 e. The summed E-state index contributed by atoms with van der Waals surface area (Å²) in [5, 5.41) is 0.739. The predicted molar refractivity (Wildman–Crippen MR) is 77.4 cm³/mol. The van der Waals surface area contributed by atoms with E-state index in [9.17, 15) is 0 Å². The lowest BCUT2D eigenvalue weighted by atomic mass is 10.4. The molecule has 0 aliphatic carbocycles. The third-order valence-electron chi connectivity index (χ3n) is 1.95. The molecule has 0 atom stereocenters. The standard InChI is InChI=1S/C12H7Br2ClS/c13-9-3-1-2-4-11(9)16-12-6-5-8(15)7-10(12)14/h1-7H. The lowest BCUT2D eigenvalue weighted by Gasteiger charge is -2.06. The van der Waals surface area contributed by atoms with E-state index in [1.165, 1.54) is 4.90 Å². The van der Waals surface area contributed by atoms with Crippen LogP contribution in [0.4, 0.5) is 0 Å². The van der Waals surface area contributed by atoms with Gasteiger partial charge in [-0.3, -0.25) is 0 Å². The Morgan fingerprint density at radius 3 is 2.25 bits per heavy atom. The summed E-state index contributed by atoms with van der Waals surface area (Å²) >= 11 is 14.6. The van der Waals surface area contributed by atoms with E-state index in [-0.39, 0.29) is 0 Å². The van der Waals surface area contributed by atoms with Crippen molar-refractivity contribution < 1.29 is 0 Å². The van der Waals surface area contributed by atoms with Gasteiger partial charge in [0.05, 0.1) is 0 Å². The van der Waals surface area contributed by atoms with Crippen LogP contribution in [0.5, 0.6) is 0 Å². The molecule has 0 fully saturated rings. The molecule has 2 aromatic carbocycles. The first-order chi connectivity index (χ1) is 7.66. The van der Waals surface area contributed by atoms with Crippen LogP contribution in [0.3, 0.4) is 0 Å². The van der Waals surface area contributed by atoms with E-state index in [2.05, 4.69) is 37.9 Å². The Bertz CT molecular complexity index is 514. The van der Waals surface area contributed by atoms with Crippen LogP contribution in [-0.4, -0.2) is 0 Å². The second kappa shape index (κ2) is 5.58. The van der Waals surface area contributed by atoms with Crippen molar-refractivity contribution in [3.63, 3.8) is 0 Å². The van der Waals surface area contributed by atoms with Crippen molar-refractivity contribution >= 4 is 55.2 Å². The van der Waals surface area contributed by atoms with Gasteiger partial charge in [-0.15, -0.1) is 0 Å². The van der Waals surface area contributed by atoms with Crippen LogP contribution in [-0.2, 0) is 0 Å². The van der Waals surface area contributed by atoms with Gasteiger partial charge in [-0.25, -0.2) is 0 Å². The highest BCUT2D eigenvalue weighted by atomic mass is 79.9. The van der Waals surface area contributed by atoms with Gasteiger partial charge in [-0.2, -0.15) is 0 Å². The third-order valence-corrected chi connectivity index (χ3v) is 5.21. The van der Waals surface area contributed by atoms with Crippen LogP contribution in [0.15, 0.2) is 61.2 Å². The number of hydrogen-bond acceptors (Lipinski definition) is 1. The summed E-state index contributed by atoms with van der Waals surface area (Å²) in [6.45, 7) is 0. The minimum atomic E-state index is 0.739. The van der Waals surface area contributed by atoms with Crippen LogP contribution in [0.25, 0.3) is 0 Å². The van der Waals surface area contributed by atoms with Crippen LogP contribution in [0, 0.1) is 0 Å². The number of benzene rings is 2. The van der Waals surface area contributed by atoms with Gasteiger partial charge < -0.3 is 0 Å². The van der Waals surface area contributed by atoms with Crippen LogP contribution < -0.4 is 0 Å². The molecule has 0 bridgehead atoms. The second-order valence-corrected chi connectivity index (χ2v) is 6.34. The Morgan fingerprint density at radius 2 is 1.56 bits per heavy atom. The molecule has 0 amide bonds. The summed E-state index contributed by atoms with van der Waals surface area (Å²) < 4.78 is 2.11. The van der Waals surface area contributed by atoms with Crippen molar-refractivity contribution in [2.45, 2.75) is 9.79 Å². The van der Waals surface area contributed by atoms with Crippen LogP contribution >= 0.6 is 55.2 Å². The zero-order valence-corrected chi connectivity index (χ0v) is 12.8. The molecule has 0 aliphatic heterocycles. The van der Waals surface area contributed by atoms with Crippen LogP contribution in [0.1, 0.15) is 0 Å². The van der Waals surface area contributed by atoms with Gasteiger partial charge in [0, 0.05) is 23.8 Å². The van der Waals surface area contributed by atoms with E-state index in [1.54, 1.807) is 11.8 Å². The number of rotatable bonds is 2. The van der Waals surface area contributed by atoms with Gasteiger partial charge in [-0.1, -0.05) is 35.5 Å². The molecule has 0 spiro atoms. The average Bonchev–Trinajstić information content (AvgIpc) is 2.25. The summed E-state index contributed by atoms with van der Waals surface area (Å²) in [6, 6.07) is 14.0. The molecule has 0 saturated heterocycles. The summed E-state index contributed by atoms with van der Waals surface area (Å²) in [5.41, 5.74) is 0. The van der Waals surface area contributed by atoms with Crippen molar-refractivity contribution in [3.05, 3.63) is 56.4 Å². The Hall–Kier alpha value is 0.0400. The predicted octanol–water partition coefficient (Wildman–Crippen LogP) is 6.02. The molecule has 2 rings (SSSR count). The first kappa shape index (κ1) is 12.5. The Morgan fingerprint density at radius 1 is 0.875 bits per heavy atom. The minimum Gasteiger partial charge on any atom is -0.0877 e. The van der Waals surface area contributed by atoms with Crippen molar-refractivity contribution in [1.29, 1.82) is 0 Å². The molecule has 0 radical (unpaired) electrons. The lowest BCUT2D eigenvalue weighted by Crippen LogP contribution is -1.77. The fourth-order valence-corrected chi connectivity index (χ4v) is 3.50. The molecule has 0 heterocycles. The monoisotopic (exact) mass is 376 g/mol. The molecule has 2 aromatic rings. The van der Waals surface area contributed by atoms with Gasteiger partial charge in [0.15, 0.2) is 0 Å². The molecule has 82 valence electrons. The highest BCUT2D eigenvalue weighted by molar-refractivity contribution is 9.11. The minimum absolute atomic E-state index is 0.739. The van der Waals surface area contributed by atoms with Crippen molar-refractivity contribution in [2.75, 3.05) is 0 Å². The zero-order chi connectivity index (χ0) is 11.5.